The van der Waals surface area contributed by atoms with E-state index in [1.807, 2.05) is 54.6 Å². The van der Waals surface area contributed by atoms with Crippen LogP contribution in [-0.4, -0.2) is 28.4 Å². The van der Waals surface area contributed by atoms with E-state index in [0.29, 0.717) is 0 Å². The van der Waals surface area contributed by atoms with Gasteiger partial charge in [-0.05, 0) is 28.8 Å². The van der Waals surface area contributed by atoms with Crippen molar-refractivity contribution in [2.75, 3.05) is 28.4 Å². The molecule has 0 heterocycles. The molecule has 0 aliphatic carbocycles. The van der Waals surface area contributed by atoms with Crippen LogP contribution in [0.4, 0.5) is 0 Å². The van der Waals surface area contributed by atoms with Crippen molar-refractivity contribution in [3.63, 3.8) is 0 Å². The highest BCUT2D eigenvalue weighted by molar-refractivity contribution is 6.09. The predicted molar refractivity (Wildman–Crippen MR) is 172 cm³/mol. The Morgan fingerprint density at radius 2 is 0.881 bits per heavy atom. The largest absolute Gasteiger partial charge is 0.496 e. The molecule has 0 bridgehead atoms. The van der Waals surface area contributed by atoms with Gasteiger partial charge in [0.05, 0.1) is 28.4 Å². The quantitative estimate of drug-likeness (QED) is 0.188. The van der Waals surface area contributed by atoms with Crippen LogP contribution in [0.5, 0.6) is 23.0 Å². The molecule has 0 atom stereocenters. The number of hydrogen-bond acceptors (Lipinski definition) is 4. The molecular weight excluding hydrogens is 520 g/mol. The molecule has 0 aliphatic rings. The Hall–Kier alpha value is -5.22. The summed E-state index contributed by atoms with van der Waals surface area (Å²) in [6, 6.07) is 41.2. The van der Waals surface area contributed by atoms with E-state index >= 15 is 0 Å². The van der Waals surface area contributed by atoms with Gasteiger partial charge in [0, 0.05) is 38.6 Å². The van der Waals surface area contributed by atoms with Gasteiger partial charge in [0.15, 0.2) is 0 Å². The monoisotopic (exact) mass is 552 g/mol. The molecule has 208 valence electrons. The first-order valence-electron chi connectivity index (χ1n) is 13.8. The van der Waals surface area contributed by atoms with Crippen LogP contribution >= 0.6 is 0 Å². The second-order valence-electron chi connectivity index (χ2n) is 9.90. The van der Waals surface area contributed by atoms with Crippen LogP contribution in [0, 0.1) is 0 Å². The number of para-hydroxylation sites is 1. The summed E-state index contributed by atoms with van der Waals surface area (Å²) in [6.07, 6.45) is 0. The van der Waals surface area contributed by atoms with E-state index in [0.717, 1.165) is 78.3 Å². The second-order valence-corrected chi connectivity index (χ2v) is 9.90. The van der Waals surface area contributed by atoms with Crippen LogP contribution < -0.4 is 18.9 Å². The van der Waals surface area contributed by atoms with Gasteiger partial charge >= 0.3 is 0 Å². The molecule has 4 nitrogen and oxygen atoms in total. The van der Waals surface area contributed by atoms with E-state index in [4.69, 9.17) is 18.9 Å². The van der Waals surface area contributed by atoms with E-state index < -0.39 is 0 Å². The zero-order chi connectivity index (χ0) is 29.1. The minimum absolute atomic E-state index is 0.752. The van der Waals surface area contributed by atoms with Crippen molar-refractivity contribution in [2.24, 2.45) is 0 Å². The summed E-state index contributed by atoms with van der Waals surface area (Å²) >= 11 is 0. The highest BCUT2D eigenvalue weighted by atomic mass is 16.5. The van der Waals surface area contributed by atoms with Crippen LogP contribution in [0.3, 0.4) is 0 Å². The maximum atomic E-state index is 6.24. The Morgan fingerprint density at radius 1 is 0.357 bits per heavy atom. The fourth-order valence-electron chi connectivity index (χ4n) is 5.84. The standard InChI is InChI=1S/C38H32O4/c1-39-33-23-22-27(24-32(33)26-16-9-6-10-17-26)34-35(38(42-4)30-19-12-11-18-29(30)37(34)41-3)31-21-13-20-28(36(31)40-2)25-14-7-5-8-15-25/h5-24H,1-4H3. The summed E-state index contributed by atoms with van der Waals surface area (Å²) in [5.74, 6) is 3.07. The maximum absolute atomic E-state index is 6.24. The molecule has 0 aromatic heterocycles. The van der Waals surface area contributed by atoms with E-state index in [2.05, 4.69) is 66.7 Å². The Bertz CT molecular complexity index is 1860. The molecule has 0 radical (unpaired) electrons. The Kier molecular flexibility index (Phi) is 7.52. The molecule has 0 spiro atoms. The molecule has 0 saturated carbocycles. The zero-order valence-corrected chi connectivity index (χ0v) is 24.2. The lowest BCUT2D eigenvalue weighted by Gasteiger charge is -2.24. The molecule has 0 N–H and O–H groups in total. The summed E-state index contributed by atoms with van der Waals surface area (Å²) in [7, 11) is 6.86. The summed E-state index contributed by atoms with van der Waals surface area (Å²) in [4.78, 5) is 0. The number of methoxy groups -OCH3 is 4. The molecule has 0 aliphatic heterocycles. The average molecular weight is 553 g/mol. The molecule has 0 unspecified atom stereocenters. The molecular formula is C38H32O4. The van der Waals surface area contributed by atoms with Crippen molar-refractivity contribution in [1.82, 2.24) is 0 Å². The number of benzene rings is 6. The van der Waals surface area contributed by atoms with Gasteiger partial charge in [-0.3, -0.25) is 0 Å². The van der Waals surface area contributed by atoms with E-state index in [1.165, 1.54) is 0 Å². The molecule has 4 heteroatoms. The number of rotatable bonds is 8. The maximum Gasteiger partial charge on any atom is 0.135 e. The minimum atomic E-state index is 0.752. The molecule has 42 heavy (non-hydrogen) atoms. The summed E-state index contributed by atoms with van der Waals surface area (Å²) < 4.78 is 24.5. The fourth-order valence-corrected chi connectivity index (χ4v) is 5.84. The summed E-state index contributed by atoms with van der Waals surface area (Å²) in [5, 5.41) is 1.92. The van der Waals surface area contributed by atoms with E-state index in [-0.39, 0.29) is 0 Å². The number of ether oxygens (including phenoxy) is 4. The summed E-state index contributed by atoms with van der Waals surface area (Å²) in [5.41, 5.74) is 7.80. The molecule has 0 saturated heterocycles. The van der Waals surface area contributed by atoms with Gasteiger partial charge < -0.3 is 18.9 Å². The molecule has 0 fully saturated rings. The lowest BCUT2D eigenvalue weighted by molar-refractivity contribution is 0.409. The molecule has 6 aromatic carbocycles. The van der Waals surface area contributed by atoms with Crippen molar-refractivity contribution in [3.05, 3.63) is 121 Å². The third-order valence-corrected chi connectivity index (χ3v) is 7.67. The van der Waals surface area contributed by atoms with Crippen LogP contribution in [-0.2, 0) is 0 Å². The van der Waals surface area contributed by atoms with Crippen molar-refractivity contribution in [2.45, 2.75) is 0 Å². The Morgan fingerprint density at radius 3 is 1.45 bits per heavy atom. The smallest absolute Gasteiger partial charge is 0.135 e. The first-order chi connectivity index (χ1) is 20.7. The van der Waals surface area contributed by atoms with Gasteiger partial charge in [-0.15, -0.1) is 0 Å². The van der Waals surface area contributed by atoms with Crippen LogP contribution in [0.1, 0.15) is 0 Å². The lowest BCUT2D eigenvalue weighted by Crippen LogP contribution is -2.01. The van der Waals surface area contributed by atoms with Crippen molar-refractivity contribution in [1.29, 1.82) is 0 Å². The highest BCUT2D eigenvalue weighted by Crippen LogP contribution is 2.54. The van der Waals surface area contributed by atoms with Crippen molar-refractivity contribution >= 4 is 10.8 Å². The first-order valence-corrected chi connectivity index (χ1v) is 13.8. The van der Waals surface area contributed by atoms with Gasteiger partial charge in [0.25, 0.3) is 0 Å². The zero-order valence-electron chi connectivity index (χ0n) is 24.2. The summed E-state index contributed by atoms with van der Waals surface area (Å²) in [6.45, 7) is 0. The number of hydrogen-bond donors (Lipinski definition) is 0. The molecule has 6 rings (SSSR count). The third kappa shape index (κ3) is 4.61. The first kappa shape index (κ1) is 27.0. The minimum Gasteiger partial charge on any atom is -0.496 e. The Balaban J connectivity index is 1.75. The van der Waals surface area contributed by atoms with Gasteiger partial charge in [0.1, 0.15) is 23.0 Å². The average Bonchev–Trinajstić information content (AvgIpc) is 3.07. The lowest BCUT2D eigenvalue weighted by atomic mass is 9.86. The SMILES string of the molecule is COc1ccc(-c2c(-c3cccc(-c4ccccc4)c3OC)c(OC)c3ccccc3c2OC)cc1-c1ccccc1. The van der Waals surface area contributed by atoms with Gasteiger partial charge in [-0.2, -0.15) is 0 Å². The predicted octanol–water partition coefficient (Wildman–Crippen LogP) is 9.54. The normalized spacial score (nSPS) is 10.9. The fraction of sp³-hybridized carbons (Fsp3) is 0.105. The van der Waals surface area contributed by atoms with Crippen LogP contribution in [0.15, 0.2) is 121 Å². The van der Waals surface area contributed by atoms with E-state index in [9.17, 15) is 0 Å². The molecule has 0 amide bonds. The van der Waals surface area contributed by atoms with Crippen LogP contribution in [0.25, 0.3) is 55.3 Å². The van der Waals surface area contributed by atoms with Gasteiger partial charge in [0.2, 0.25) is 0 Å². The highest BCUT2D eigenvalue weighted by Gasteiger charge is 2.27. The van der Waals surface area contributed by atoms with Crippen LogP contribution in [0.2, 0.25) is 0 Å². The Labute approximate surface area is 246 Å². The van der Waals surface area contributed by atoms with E-state index in [1.54, 1.807) is 28.4 Å². The topological polar surface area (TPSA) is 36.9 Å². The second kappa shape index (κ2) is 11.7. The van der Waals surface area contributed by atoms with Crippen molar-refractivity contribution < 1.29 is 18.9 Å². The van der Waals surface area contributed by atoms with Gasteiger partial charge in [-0.25, -0.2) is 0 Å². The third-order valence-electron chi connectivity index (χ3n) is 7.67. The molecule has 6 aromatic rings. The van der Waals surface area contributed by atoms with Gasteiger partial charge in [-0.1, -0.05) is 109 Å². The number of fused-ring (bicyclic) bond motifs is 1. The van der Waals surface area contributed by atoms with Crippen molar-refractivity contribution in [3.8, 4) is 67.5 Å².